The zero-order chi connectivity index (χ0) is 15.9. The second-order valence-electron chi connectivity index (χ2n) is 6.49. The van der Waals surface area contributed by atoms with E-state index in [-0.39, 0.29) is 5.60 Å². The van der Waals surface area contributed by atoms with Crippen LogP contribution in [-0.2, 0) is 16.9 Å². The molecular weight excluding hydrogens is 284 g/mol. The van der Waals surface area contributed by atoms with Crippen molar-refractivity contribution in [2.45, 2.75) is 25.0 Å². The smallest absolute Gasteiger partial charge is 0.152 e. The van der Waals surface area contributed by atoms with Crippen molar-refractivity contribution in [3.8, 4) is 0 Å². The number of allylic oxidation sites excluding steroid dienone is 1. The van der Waals surface area contributed by atoms with Gasteiger partial charge in [-0.1, -0.05) is 43.5 Å². The molecule has 3 heteroatoms. The van der Waals surface area contributed by atoms with Gasteiger partial charge < -0.3 is 9.30 Å². The molecule has 1 aromatic heterocycles. The Morgan fingerprint density at radius 1 is 1.00 bits per heavy atom. The van der Waals surface area contributed by atoms with Crippen LogP contribution >= 0.6 is 0 Å². The van der Waals surface area contributed by atoms with E-state index in [1.165, 1.54) is 11.3 Å². The lowest BCUT2D eigenvalue weighted by Gasteiger charge is -2.45. The minimum atomic E-state index is -0.241. The molecule has 0 bridgehead atoms. The molecule has 0 aliphatic carbocycles. The van der Waals surface area contributed by atoms with Crippen LogP contribution < -0.4 is 0 Å². The lowest BCUT2D eigenvalue weighted by Crippen LogP contribution is -2.46. The summed E-state index contributed by atoms with van der Waals surface area (Å²) in [6.07, 6.45) is 4.02. The van der Waals surface area contributed by atoms with Gasteiger partial charge in [0.25, 0.3) is 0 Å². The normalized spacial score (nSPS) is 20.3. The zero-order valence-corrected chi connectivity index (χ0v) is 13.4. The fourth-order valence-corrected chi connectivity index (χ4v) is 3.74. The van der Waals surface area contributed by atoms with E-state index in [0.717, 1.165) is 38.2 Å². The maximum Gasteiger partial charge on any atom is 0.152 e. The van der Waals surface area contributed by atoms with Crippen molar-refractivity contribution >= 4 is 5.70 Å². The minimum absolute atomic E-state index is 0.241. The molecule has 1 aromatic carbocycles. The molecule has 3 heterocycles. The standard InChI is InChI=1S/C20H22N2O/c1-16-17(2)23-20(19-9-6-12-22(16)19)10-13-21(14-11-20)15-18-7-4-3-5-8-18/h3-9,12H,1-2,10-11,13-15H2. The maximum atomic E-state index is 6.27. The number of likely N-dealkylation sites (tertiary alicyclic amines) is 1. The fourth-order valence-electron chi connectivity index (χ4n) is 3.74. The molecule has 2 aliphatic heterocycles. The number of ether oxygens (including phenoxy) is 1. The highest BCUT2D eigenvalue weighted by atomic mass is 16.5. The van der Waals surface area contributed by atoms with Crippen LogP contribution in [0.5, 0.6) is 0 Å². The summed E-state index contributed by atoms with van der Waals surface area (Å²) in [5.74, 6) is 0.699. The van der Waals surface area contributed by atoms with Crippen molar-refractivity contribution in [3.05, 3.63) is 78.8 Å². The molecule has 2 aromatic rings. The van der Waals surface area contributed by atoms with Gasteiger partial charge in [-0.2, -0.15) is 0 Å². The monoisotopic (exact) mass is 306 g/mol. The van der Waals surface area contributed by atoms with E-state index in [0.29, 0.717) is 5.76 Å². The lowest BCUT2D eigenvalue weighted by molar-refractivity contribution is -0.0593. The van der Waals surface area contributed by atoms with E-state index in [1.807, 2.05) is 0 Å². The van der Waals surface area contributed by atoms with E-state index in [9.17, 15) is 0 Å². The summed E-state index contributed by atoms with van der Waals surface area (Å²) in [6, 6.07) is 14.9. The number of piperidine rings is 1. The average molecular weight is 306 g/mol. The summed E-state index contributed by atoms with van der Waals surface area (Å²) in [7, 11) is 0. The van der Waals surface area contributed by atoms with Crippen molar-refractivity contribution in [1.29, 1.82) is 0 Å². The second-order valence-corrected chi connectivity index (χ2v) is 6.49. The van der Waals surface area contributed by atoms with Gasteiger partial charge in [0, 0.05) is 38.7 Å². The Balaban J connectivity index is 1.52. The first-order valence-corrected chi connectivity index (χ1v) is 8.20. The van der Waals surface area contributed by atoms with E-state index in [1.54, 1.807) is 0 Å². The number of benzene rings is 1. The van der Waals surface area contributed by atoms with Gasteiger partial charge in [-0.25, -0.2) is 0 Å². The third-order valence-electron chi connectivity index (χ3n) is 5.06. The maximum absolute atomic E-state index is 6.27. The van der Waals surface area contributed by atoms with E-state index in [4.69, 9.17) is 4.74 Å². The zero-order valence-electron chi connectivity index (χ0n) is 13.4. The van der Waals surface area contributed by atoms with Gasteiger partial charge >= 0.3 is 0 Å². The van der Waals surface area contributed by atoms with Gasteiger partial charge in [0.2, 0.25) is 0 Å². The molecule has 1 spiro atoms. The Morgan fingerprint density at radius 3 is 2.48 bits per heavy atom. The highest BCUT2D eigenvalue weighted by Gasteiger charge is 2.43. The van der Waals surface area contributed by atoms with Crippen LogP contribution in [0.2, 0.25) is 0 Å². The van der Waals surface area contributed by atoms with Crippen LogP contribution in [0.4, 0.5) is 0 Å². The molecule has 1 saturated heterocycles. The van der Waals surface area contributed by atoms with Crippen molar-refractivity contribution in [1.82, 2.24) is 9.47 Å². The van der Waals surface area contributed by atoms with Gasteiger partial charge in [-0.15, -0.1) is 0 Å². The summed E-state index contributed by atoms with van der Waals surface area (Å²) in [5, 5.41) is 0. The number of nitrogens with zero attached hydrogens (tertiary/aromatic N) is 2. The van der Waals surface area contributed by atoms with Crippen molar-refractivity contribution < 1.29 is 4.74 Å². The van der Waals surface area contributed by atoms with Crippen LogP contribution in [0.1, 0.15) is 24.1 Å². The van der Waals surface area contributed by atoms with Gasteiger partial charge in [-0.05, 0) is 17.7 Å². The summed E-state index contributed by atoms with van der Waals surface area (Å²) in [5.41, 5.74) is 3.19. The summed E-state index contributed by atoms with van der Waals surface area (Å²) in [6.45, 7) is 11.2. The molecule has 118 valence electrons. The quantitative estimate of drug-likeness (QED) is 0.834. The Labute approximate surface area is 137 Å². The van der Waals surface area contributed by atoms with Gasteiger partial charge in [0.1, 0.15) is 5.76 Å². The van der Waals surface area contributed by atoms with Crippen LogP contribution in [0.3, 0.4) is 0 Å². The number of fused-ring (bicyclic) bond motifs is 2. The predicted molar refractivity (Wildman–Crippen MR) is 92.6 cm³/mol. The number of rotatable bonds is 2. The molecule has 0 saturated carbocycles. The minimum Gasteiger partial charge on any atom is -0.479 e. The SMILES string of the molecule is C=C1OC2(CCN(Cc3ccccc3)CC2)c2cccn2C1=C. The molecule has 0 radical (unpaired) electrons. The van der Waals surface area contributed by atoms with Crippen molar-refractivity contribution in [2.75, 3.05) is 13.1 Å². The topological polar surface area (TPSA) is 17.4 Å². The largest absolute Gasteiger partial charge is 0.479 e. The first-order chi connectivity index (χ1) is 11.2. The first-order valence-electron chi connectivity index (χ1n) is 8.20. The van der Waals surface area contributed by atoms with Gasteiger partial charge in [-0.3, -0.25) is 4.90 Å². The third-order valence-corrected chi connectivity index (χ3v) is 5.06. The Hall–Kier alpha value is -2.26. The van der Waals surface area contributed by atoms with E-state index >= 15 is 0 Å². The molecule has 0 atom stereocenters. The molecule has 0 amide bonds. The molecule has 1 fully saturated rings. The molecule has 0 N–H and O–H groups in total. The molecule has 2 aliphatic rings. The highest BCUT2D eigenvalue weighted by molar-refractivity contribution is 5.62. The lowest BCUT2D eigenvalue weighted by atomic mass is 9.86. The molecule has 4 rings (SSSR count). The van der Waals surface area contributed by atoms with Crippen LogP contribution in [-0.4, -0.2) is 22.6 Å². The van der Waals surface area contributed by atoms with E-state index in [2.05, 4.69) is 71.3 Å². The Kier molecular flexibility index (Phi) is 3.38. The second kappa shape index (κ2) is 5.43. The summed E-state index contributed by atoms with van der Waals surface area (Å²) >= 11 is 0. The van der Waals surface area contributed by atoms with Gasteiger partial charge in [0.05, 0.1) is 11.4 Å². The third kappa shape index (κ3) is 2.41. The summed E-state index contributed by atoms with van der Waals surface area (Å²) in [4.78, 5) is 2.50. The van der Waals surface area contributed by atoms with Crippen LogP contribution in [0.15, 0.2) is 67.6 Å². The number of hydrogen-bond donors (Lipinski definition) is 0. The van der Waals surface area contributed by atoms with Crippen LogP contribution in [0.25, 0.3) is 5.70 Å². The van der Waals surface area contributed by atoms with Crippen molar-refractivity contribution in [3.63, 3.8) is 0 Å². The molecule has 3 nitrogen and oxygen atoms in total. The highest BCUT2D eigenvalue weighted by Crippen LogP contribution is 2.44. The molecule has 0 unspecified atom stereocenters. The average Bonchev–Trinajstić information content (AvgIpc) is 3.07. The molecular formula is C20H22N2O. The number of aromatic nitrogens is 1. The summed E-state index contributed by atoms with van der Waals surface area (Å²) < 4.78 is 8.41. The van der Waals surface area contributed by atoms with Gasteiger partial charge in [0.15, 0.2) is 5.60 Å². The van der Waals surface area contributed by atoms with Crippen LogP contribution in [0, 0.1) is 0 Å². The van der Waals surface area contributed by atoms with E-state index < -0.39 is 0 Å². The first kappa shape index (κ1) is 14.3. The predicted octanol–water partition coefficient (Wildman–Crippen LogP) is 3.99. The Morgan fingerprint density at radius 2 is 1.74 bits per heavy atom. The van der Waals surface area contributed by atoms with Crippen molar-refractivity contribution in [2.24, 2.45) is 0 Å². The fraction of sp³-hybridized carbons (Fsp3) is 0.300. The number of hydrogen-bond acceptors (Lipinski definition) is 2. The molecule has 23 heavy (non-hydrogen) atoms. The Bertz CT molecular complexity index is 736.